The van der Waals surface area contributed by atoms with Crippen molar-refractivity contribution in [3.05, 3.63) is 22.7 Å². The smallest absolute Gasteiger partial charge is 0.138 e. The minimum atomic E-state index is -0.0531. The number of ether oxygens (including phenoxy) is 1. The Morgan fingerprint density at radius 3 is 2.71 bits per heavy atom. The fraction of sp³-hybridized carbons (Fsp3) is 0.300. The van der Waals surface area contributed by atoms with Crippen LogP contribution in [0.2, 0.25) is 5.02 Å². The maximum atomic E-state index is 10.9. The van der Waals surface area contributed by atoms with Gasteiger partial charge in [-0.2, -0.15) is 0 Å². The fourth-order valence-electron chi connectivity index (χ4n) is 1.15. The van der Waals surface area contributed by atoms with Crippen LogP contribution in [-0.2, 0) is 11.2 Å². The third-order valence-corrected chi connectivity index (χ3v) is 2.08. The van der Waals surface area contributed by atoms with Crippen LogP contribution in [0.15, 0.2) is 12.1 Å². The molecule has 0 aromatic heterocycles. The van der Waals surface area contributed by atoms with E-state index in [1.54, 1.807) is 6.07 Å². The van der Waals surface area contributed by atoms with Crippen molar-refractivity contribution in [2.75, 3.05) is 7.11 Å². The molecule has 0 spiro atoms. The second-order valence-corrected chi connectivity index (χ2v) is 3.40. The van der Waals surface area contributed by atoms with Crippen LogP contribution in [0.1, 0.15) is 12.5 Å². The number of halogens is 1. The van der Waals surface area contributed by atoms with Crippen LogP contribution in [-0.4, -0.2) is 18.0 Å². The lowest BCUT2D eigenvalue weighted by atomic mass is 10.1. The van der Waals surface area contributed by atoms with Crippen molar-refractivity contribution in [2.24, 2.45) is 0 Å². The molecular weight excluding hydrogens is 204 g/mol. The zero-order valence-electron chi connectivity index (χ0n) is 8.00. The monoisotopic (exact) mass is 214 g/mol. The number of phenolic OH excluding ortho intramolecular Hbond substituents is 1. The molecule has 1 rings (SSSR count). The maximum absolute atomic E-state index is 10.9. The zero-order valence-corrected chi connectivity index (χ0v) is 8.76. The van der Waals surface area contributed by atoms with Gasteiger partial charge in [0.2, 0.25) is 0 Å². The normalized spacial score (nSPS) is 9.93. The molecule has 14 heavy (non-hydrogen) atoms. The first-order valence-corrected chi connectivity index (χ1v) is 4.47. The molecule has 1 N–H and O–H groups in total. The number of benzene rings is 1. The molecule has 1 aromatic carbocycles. The Morgan fingerprint density at radius 2 is 2.21 bits per heavy atom. The van der Waals surface area contributed by atoms with Crippen LogP contribution in [0.4, 0.5) is 0 Å². The van der Waals surface area contributed by atoms with Crippen molar-refractivity contribution in [3.63, 3.8) is 0 Å². The Balaban J connectivity index is 3.13. The molecule has 0 saturated carbocycles. The first-order chi connectivity index (χ1) is 6.54. The van der Waals surface area contributed by atoms with Gasteiger partial charge >= 0.3 is 0 Å². The lowest BCUT2D eigenvalue weighted by molar-refractivity contribution is -0.116. The summed E-state index contributed by atoms with van der Waals surface area (Å²) in [6.07, 6.45) is 0.156. The average molecular weight is 215 g/mol. The molecule has 0 fully saturated rings. The number of Topliss-reactive ketones (excluding diaryl/α,β-unsaturated/α-hetero) is 1. The van der Waals surface area contributed by atoms with Crippen LogP contribution in [0.25, 0.3) is 0 Å². The number of methoxy groups -OCH3 is 1. The Hall–Kier alpha value is -1.22. The second kappa shape index (κ2) is 4.33. The molecule has 0 bridgehead atoms. The summed E-state index contributed by atoms with van der Waals surface area (Å²) in [5.41, 5.74) is 0.488. The van der Waals surface area contributed by atoms with Crippen LogP contribution >= 0.6 is 11.6 Å². The van der Waals surface area contributed by atoms with Crippen LogP contribution in [0.5, 0.6) is 11.5 Å². The summed E-state index contributed by atoms with van der Waals surface area (Å²) in [7, 11) is 1.50. The lowest BCUT2D eigenvalue weighted by Crippen LogP contribution is -1.97. The molecule has 0 atom stereocenters. The topological polar surface area (TPSA) is 46.5 Å². The summed E-state index contributed by atoms with van der Waals surface area (Å²) in [5, 5.41) is 9.72. The lowest BCUT2D eigenvalue weighted by Gasteiger charge is -2.07. The summed E-state index contributed by atoms with van der Waals surface area (Å²) >= 11 is 5.74. The van der Waals surface area contributed by atoms with Crippen molar-refractivity contribution in [1.82, 2.24) is 0 Å². The van der Waals surface area contributed by atoms with Gasteiger partial charge in [0.15, 0.2) is 0 Å². The van der Waals surface area contributed by atoms with Gasteiger partial charge in [-0.15, -0.1) is 0 Å². The first-order valence-electron chi connectivity index (χ1n) is 4.09. The van der Waals surface area contributed by atoms with E-state index in [4.69, 9.17) is 16.3 Å². The van der Waals surface area contributed by atoms with Crippen LogP contribution in [0, 0.1) is 0 Å². The number of aromatic hydroxyl groups is 1. The van der Waals surface area contributed by atoms with E-state index in [-0.39, 0.29) is 23.0 Å². The fourth-order valence-corrected chi connectivity index (χ4v) is 1.38. The number of phenols is 1. The van der Waals surface area contributed by atoms with Gasteiger partial charge in [-0.1, -0.05) is 11.6 Å². The van der Waals surface area contributed by atoms with E-state index in [0.717, 1.165) is 0 Å². The summed E-state index contributed by atoms with van der Waals surface area (Å²) in [5.74, 6) is 0.441. The maximum Gasteiger partial charge on any atom is 0.138 e. The number of rotatable bonds is 3. The highest BCUT2D eigenvalue weighted by molar-refractivity contribution is 6.32. The molecule has 0 radical (unpaired) electrons. The number of carbonyl (C=O) groups is 1. The average Bonchev–Trinajstić information content (AvgIpc) is 2.11. The minimum absolute atomic E-state index is 0.0374. The molecule has 0 unspecified atom stereocenters. The van der Waals surface area contributed by atoms with E-state index in [1.807, 2.05) is 0 Å². The van der Waals surface area contributed by atoms with Gasteiger partial charge in [0.25, 0.3) is 0 Å². The van der Waals surface area contributed by atoms with Gasteiger partial charge < -0.3 is 9.84 Å². The zero-order chi connectivity index (χ0) is 10.7. The van der Waals surface area contributed by atoms with Crippen LogP contribution in [0.3, 0.4) is 0 Å². The summed E-state index contributed by atoms with van der Waals surface area (Å²) < 4.78 is 4.97. The van der Waals surface area contributed by atoms with Gasteiger partial charge in [-0.3, -0.25) is 4.79 Å². The second-order valence-electron chi connectivity index (χ2n) is 3.00. The van der Waals surface area contributed by atoms with E-state index < -0.39 is 0 Å². The van der Waals surface area contributed by atoms with E-state index in [1.165, 1.54) is 20.1 Å². The summed E-state index contributed by atoms with van der Waals surface area (Å²) in [6, 6.07) is 3.10. The highest BCUT2D eigenvalue weighted by atomic mass is 35.5. The van der Waals surface area contributed by atoms with E-state index in [9.17, 15) is 9.90 Å². The quantitative estimate of drug-likeness (QED) is 0.839. The Bertz CT molecular complexity index is 361. The standard InChI is InChI=1S/C10H11ClO3/c1-6(12)3-7-4-8(14-2)5-9(11)10(7)13/h4-5,13H,3H2,1-2H3. The predicted octanol–water partition coefficient (Wildman–Crippen LogP) is 2.19. The molecule has 0 heterocycles. The van der Waals surface area contributed by atoms with E-state index in [2.05, 4.69) is 0 Å². The van der Waals surface area contributed by atoms with Gasteiger partial charge in [0.1, 0.15) is 17.3 Å². The molecule has 1 aromatic rings. The van der Waals surface area contributed by atoms with Gasteiger partial charge in [-0.05, 0) is 13.0 Å². The first kappa shape index (κ1) is 10.9. The van der Waals surface area contributed by atoms with Crippen molar-refractivity contribution in [3.8, 4) is 11.5 Å². The number of ketones is 1. The molecule has 0 amide bonds. The van der Waals surface area contributed by atoms with Gasteiger partial charge in [-0.25, -0.2) is 0 Å². The molecular formula is C10H11ClO3. The molecule has 76 valence electrons. The number of hydrogen-bond donors (Lipinski definition) is 1. The molecule has 0 saturated heterocycles. The highest BCUT2D eigenvalue weighted by Crippen LogP contribution is 2.32. The highest BCUT2D eigenvalue weighted by Gasteiger charge is 2.10. The summed E-state index contributed by atoms with van der Waals surface area (Å²) in [6.45, 7) is 1.45. The van der Waals surface area contributed by atoms with Crippen LogP contribution < -0.4 is 4.74 Å². The molecule has 4 heteroatoms. The van der Waals surface area contributed by atoms with Gasteiger partial charge in [0.05, 0.1) is 12.1 Å². The van der Waals surface area contributed by atoms with Crippen molar-refractivity contribution in [2.45, 2.75) is 13.3 Å². The molecule has 0 aliphatic rings. The Labute approximate surface area is 87.3 Å². The Morgan fingerprint density at radius 1 is 1.57 bits per heavy atom. The third kappa shape index (κ3) is 2.39. The largest absolute Gasteiger partial charge is 0.506 e. The predicted molar refractivity (Wildman–Crippen MR) is 54.1 cm³/mol. The van der Waals surface area contributed by atoms with E-state index >= 15 is 0 Å². The van der Waals surface area contributed by atoms with Crippen molar-refractivity contribution < 1.29 is 14.6 Å². The molecule has 0 aliphatic carbocycles. The number of carbonyl (C=O) groups excluding carboxylic acids is 1. The van der Waals surface area contributed by atoms with E-state index in [0.29, 0.717) is 11.3 Å². The molecule has 0 aliphatic heterocycles. The van der Waals surface area contributed by atoms with Crippen molar-refractivity contribution in [1.29, 1.82) is 0 Å². The van der Waals surface area contributed by atoms with Crippen molar-refractivity contribution >= 4 is 17.4 Å². The molecule has 3 nitrogen and oxygen atoms in total. The Kier molecular flexibility index (Phi) is 3.36. The SMILES string of the molecule is COc1cc(Cl)c(O)c(CC(C)=O)c1. The summed E-state index contributed by atoms with van der Waals surface area (Å²) in [4.78, 5) is 10.9. The third-order valence-electron chi connectivity index (χ3n) is 1.79. The number of hydrogen-bond acceptors (Lipinski definition) is 3. The minimum Gasteiger partial charge on any atom is -0.506 e. The van der Waals surface area contributed by atoms with Gasteiger partial charge in [0, 0.05) is 18.1 Å².